The lowest BCUT2D eigenvalue weighted by atomic mass is 9.95. The van der Waals surface area contributed by atoms with Crippen molar-refractivity contribution in [3.63, 3.8) is 0 Å². The first-order valence-electron chi connectivity index (χ1n) is 13.1. The summed E-state index contributed by atoms with van der Waals surface area (Å²) in [4.78, 5) is 38.0. The largest absolute Gasteiger partial charge is 0.448 e. The number of ether oxygens (including phenoxy) is 1. The van der Waals surface area contributed by atoms with Crippen LogP contribution in [0.4, 0.5) is 10.5 Å². The van der Waals surface area contributed by atoms with Crippen molar-refractivity contribution in [3.05, 3.63) is 39.9 Å². The number of carbonyl (C=O) groups excluding carboxylic acids is 2. The molecule has 0 spiro atoms. The summed E-state index contributed by atoms with van der Waals surface area (Å²) in [5.74, 6) is -0.758. The van der Waals surface area contributed by atoms with Gasteiger partial charge in [0.05, 0.1) is 24.0 Å². The highest BCUT2D eigenvalue weighted by molar-refractivity contribution is 6.76. The molecule has 0 aliphatic carbocycles. The van der Waals surface area contributed by atoms with Crippen LogP contribution in [0.2, 0.25) is 43.8 Å². The molecule has 1 aliphatic rings. The van der Waals surface area contributed by atoms with E-state index in [1.165, 1.54) is 6.07 Å². The predicted octanol–water partition coefficient (Wildman–Crippen LogP) is 6.44. The summed E-state index contributed by atoms with van der Waals surface area (Å²) in [6.45, 7) is 20.1. The second-order valence-electron chi connectivity index (χ2n) is 12.5. The van der Waals surface area contributed by atoms with Crippen LogP contribution in [0.5, 0.6) is 0 Å². The van der Waals surface area contributed by atoms with Gasteiger partial charge in [0.25, 0.3) is 11.6 Å². The first kappa shape index (κ1) is 31.1. The van der Waals surface area contributed by atoms with Crippen LogP contribution in [0.25, 0.3) is 0 Å². The number of para-hydroxylation sites is 1. The molecule has 1 saturated heterocycles. The molecule has 37 heavy (non-hydrogen) atoms. The van der Waals surface area contributed by atoms with E-state index >= 15 is 0 Å². The average Bonchev–Trinajstić information content (AvgIpc) is 3.02. The van der Waals surface area contributed by atoms with E-state index < -0.39 is 33.3 Å². The van der Waals surface area contributed by atoms with Gasteiger partial charge in [-0.2, -0.15) is 10.0 Å². The topological polar surface area (TPSA) is 102 Å². The van der Waals surface area contributed by atoms with Crippen LogP contribution >= 0.6 is 0 Å². The first-order chi connectivity index (χ1) is 17.0. The van der Waals surface area contributed by atoms with Gasteiger partial charge in [-0.1, -0.05) is 65.5 Å². The Balaban J connectivity index is 2.37. The Morgan fingerprint density at radius 3 is 2.27 bits per heavy atom. The van der Waals surface area contributed by atoms with E-state index in [1.807, 2.05) is 6.92 Å². The van der Waals surface area contributed by atoms with Crippen molar-refractivity contribution in [1.29, 1.82) is 0 Å². The Morgan fingerprint density at radius 1 is 1.11 bits per heavy atom. The zero-order chi connectivity index (χ0) is 28.2. The van der Waals surface area contributed by atoms with Gasteiger partial charge in [0.2, 0.25) is 0 Å². The molecule has 0 aromatic heterocycles. The molecule has 2 rings (SSSR count). The monoisotopic (exact) mass is 551 g/mol. The number of benzene rings is 1. The van der Waals surface area contributed by atoms with Crippen molar-refractivity contribution in [1.82, 2.24) is 10.0 Å². The van der Waals surface area contributed by atoms with Crippen molar-refractivity contribution in [2.24, 2.45) is 5.92 Å². The lowest BCUT2D eigenvalue weighted by Gasteiger charge is -2.37. The lowest BCUT2D eigenvalue weighted by molar-refractivity contribution is -0.385. The molecule has 0 N–H and O–H groups in total. The summed E-state index contributed by atoms with van der Waals surface area (Å²) in [5, 5.41) is 14.5. The van der Waals surface area contributed by atoms with Gasteiger partial charge in [-0.25, -0.2) is 4.79 Å². The minimum absolute atomic E-state index is 0.0409. The molecular weight excluding hydrogens is 506 g/mol. The Bertz CT molecular complexity index is 974. The highest BCUT2D eigenvalue weighted by Crippen LogP contribution is 2.38. The standard InChI is InChI=1S/C26H45N3O6Si2/c1-10-21-23(15-16-35-37(8,9)26(2,3)4)27(19-20-13-11-12-14-22(20)29(32)33)28(24(21)30)25(31)34-17-18-36(5,6)7/h11-14,21,23H,10,15-19H2,1-9H3/t21-,23+/m0/s1. The Labute approximate surface area is 223 Å². The number of hydrogen-bond donors (Lipinski definition) is 0. The zero-order valence-corrected chi connectivity index (χ0v) is 26.0. The predicted molar refractivity (Wildman–Crippen MR) is 150 cm³/mol. The SMILES string of the molecule is CC[C@@H]1C(=O)N(C(=O)OCC[Si](C)(C)C)N(Cc2ccccc2[N+](=O)[O-])[C@@H]1CCO[Si](C)(C)C(C)(C)C. The molecule has 208 valence electrons. The van der Waals surface area contributed by atoms with E-state index in [9.17, 15) is 19.7 Å². The maximum absolute atomic E-state index is 13.5. The van der Waals surface area contributed by atoms with E-state index in [1.54, 1.807) is 23.2 Å². The number of imide groups is 1. The molecule has 0 radical (unpaired) electrons. The molecule has 1 aromatic rings. The van der Waals surface area contributed by atoms with Crippen LogP contribution in [-0.4, -0.2) is 62.6 Å². The fraction of sp³-hybridized carbons (Fsp3) is 0.692. The van der Waals surface area contributed by atoms with Crippen LogP contribution < -0.4 is 0 Å². The Morgan fingerprint density at radius 2 is 1.73 bits per heavy atom. The fourth-order valence-corrected chi connectivity index (χ4v) is 5.91. The van der Waals surface area contributed by atoms with Crippen LogP contribution in [0.3, 0.4) is 0 Å². The number of hydrazine groups is 1. The number of nitro groups is 1. The number of carbonyl (C=O) groups is 2. The van der Waals surface area contributed by atoms with Crippen molar-refractivity contribution in [2.75, 3.05) is 13.2 Å². The highest BCUT2D eigenvalue weighted by atomic mass is 28.4. The van der Waals surface area contributed by atoms with Gasteiger partial charge >= 0.3 is 6.09 Å². The maximum atomic E-state index is 13.5. The number of hydrogen-bond acceptors (Lipinski definition) is 7. The Kier molecular flexibility index (Phi) is 10.3. The van der Waals surface area contributed by atoms with Crippen LogP contribution in [0.15, 0.2) is 24.3 Å². The molecule has 2 amide bonds. The quantitative estimate of drug-likeness (QED) is 0.177. The summed E-state index contributed by atoms with van der Waals surface area (Å²) in [6.07, 6.45) is 0.347. The Hall–Kier alpha value is -2.09. The first-order valence-corrected chi connectivity index (χ1v) is 19.7. The number of nitrogens with zero attached hydrogens (tertiary/aromatic N) is 3. The van der Waals surface area contributed by atoms with E-state index in [4.69, 9.17) is 9.16 Å². The normalized spacial score (nSPS) is 19.4. The van der Waals surface area contributed by atoms with Gasteiger partial charge in [-0.3, -0.25) is 14.9 Å². The minimum Gasteiger partial charge on any atom is -0.448 e. The van der Waals surface area contributed by atoms with Gasteiger partial charge in [0.15, 0.2) is 8.32 Å². The van der Waals surface area contributed by atoms with Gasteiger partial charge in [-0.15, -0.1) is 0 Å². The molecule has 1 aliphatic heterocycles. The van der Waals surface area contributed by atoms with Crippen LogP contribution in [0, 0.1) is 16.0 Å². The van der Waals surface area contributed by atoms with E-state index in [0.29, 0.717) is 25.0 Å². The smallest absolute Gasteiger partial charge is 0.431 e. The third-order valence-corrected chi connectivity index (χ3v) is 13.8. The van der Waals surface area contributed by atoms with Gasteiger partial charge in [0.1, 0.15) is 0 Å². The second-order valence-corrected chi connectivity index (χ2v) is 23.0. The van der Waals surface area contributed by atoms with Gasteiger partial charge in [0, 0.05) is 32.4 Å². The minimum atomic E-state index is -2.01. The molecule has 0 saturated carbocycles. The zero-order valence-electron chi connectivity index (χ0n) is 24.0. The summed E-state index contributed by atoms with van der Waals surface area (Å²) in [5.41, 5.74) is 0.394. The molecule has 11 heteroatoms. The molecule has 0 bridgehead atoms. The van der Waals surface area contributed by atoms with E-state index in [0.717, 1.165) is 11.1 Å². The van der Waals surface area contributed by atoms with Crippen LogP contribution in [-0.2, 0) is 20.5 Å². The molecule has 2 atom stereocenters. The fourth-order valence-electron chi connectivity index (χ4n) is 4.14. The third kappa shape index (κ3) is 7.95. The average molecular weight is 552 g/mol. The summed E-state index contributed by atoms with van der Waals surface area (Å²) in [7, 11) is -3.46. The summed E-state index contributed by atoms with van der Waals surface area (Å²) in [6, 6.07) is 6.89. The van der Waals surface area contributed by atoms with Gasteiger partial charge < -0.3 is 9.16 Å². The van der Waals surface area contributed by atoms with E-state index in [-0.39, 0.29) is 35.8 Å². The molecular formula is C26H45N3O6Si2. The van der Waals surface area contributed by atoms with Crippen molar-refractivity contribution in [3.8, 4) is 0 Å². The number of nitro benzene ring substituents is 1. The summed E-state index contributed by atoms with van der Waals surface area (Å²) >= 11 is 0. The van der Waals surface area contributed by atoms with Crippen molar-refractivity contribution >= 4 is 34.1 Å². The van der Waals surface area contributed by atoms with Crippen molar-refractivity contribution in [2.45, 2.75) is 96.9 Å². The van der Waals surface area contributed by atoms with Crippen LogP contribution in [0.1, 0.15) is 46.1 Å². The molecule has 9 nitrogen and oxygen atoms in total. The number of rotatable bonds is 11. The molecule has 1 heterocycles. The highest BCUT2D eigenvalue weighted by Gasteiger charge is 2.49. The van der Waals surface area contributed by atoms with Crippen molar-refractivity contribution < 1.29 is 23.7 Å². The molecule has 0 unspecified atom stereocenters. The lowest BCUT2D eigenvalue weighted by Crippen LogP contribution is -2.47. The maximum Gasteiger partial charge on any atom is 0.431 e. The second kappa shape index (κ2) is 12.2. The summed E-state index contributed by atoms with van der Waals surface area (Å²) < 4.78 is 12.0. The number of amides is 2. The molecule has 1 aromatic carbocycles. The third-order valence-electron chi connectivity index (χ3n) is 7.52. The van der Waals surface area contributed by atoms with E-state index in [2.05, 4.69) is 53.5 Å². The molecule has 1 fully saturated rings. The van der Waals surface area contributed by atoms with Gasteiger partial charge in [-0.05, 0) is 37.0 Å².